The molecule has 7 nitrogen and oxygen atoms in total. The van der Waals surface area contributed by atoms with E-state index in [-0.39, 0.29) is 30.0 Å². The van der Waals surface area contributed by atoms with Crippen LogP contribution < -0.4 is 10.6 Å². The van der Waals surface area contributed by atoms with E-state index in [9.17, 15) is 0 Å². The van der Waals surface area contributed by atoms with Crippen LogP contribution in [0.1, 0.15) is 40.8 Å². The van der Waals surface area contributed by atoms with E-state index in [0.717, 1.165) is 36.7 Å². The van der Waals surface area contributed by atoms with Crippen molar-refractivity contribution in [2.75, 3.05) is 13.6 Å². The third-order valence-electron chi connectivity index (χ3n) is 5.10. The molecule has 0 aliphatic carbocycles. The van der Waals surface area contributed by atoms with Crippen LogP contribution in [0.3, 0.4) is 0 Å². The lowest BCUT2D eigenvalue weighted by atomic mass is 10.1. The van der Waals surface area contributed by atoms with Gasteiger partial charge in [0.05, 0.1) is 11.4 Å². The molecule has 2 heterocycles. The molecule has 0 saturated heterocycles. The van der Waals surface area contributed by atoms with E-state index < -0.39 is 0 Å². The maximum atomic E-state index is 4.50. The van der Waals surface area contributed by atoms with Crippen molar-refractivity contribution in [3.63, 3.8) is 0 Å². The van der Waals surface area contributed by atoms with Crippen molar-refractivity contribution in [3.05, 3.63) is 33.9 Å². The van der Waals surface area contributed by atoms with Crippen LogP contribution in [0.15, 0.2) is 4.99 Å². The quantitative estimate of drug-likeness (QED) is 0.373. The lowest BCUT2D eigenvalue weighted by molar-refractivity contribution is 0.635. The molecular formula is C19H34IN7. The van der Waals surface area contributed by atoms with Gasteiger partial charge < -0.3 is 10.6 Å². The molecule has 2 rings (SSSR count). The van der Waals surface area contributed by atoms with Gasteiger partial charge in [-0.25, -0.2) is 0 Å². The highest BCUT2D eigenvalue weighted by atomic mass is 127. The van der Waals surface area contributed by atoms with Crippen molar-refractivity contribution in [2.45, 2.75) is 53.5 Å². The molecule has 1 atom stereocenters. The number of aromatic nitrogens is 4. The fourth-order valence-corrected chi connectivity index (χ4v) is 3.38. The molecule has 2 N–H and O–H groups in total. The lowest BCUT2D eigenvalue weighted by Crippen LogP contribution is -2.43. The van der Waals surface area contributed by atoms with Crippen LogP contribution in [0.5, 0.6) is 0 Å². The van der Waals surface area contributed by atoms with Crippen molar-refractivity contribution in [1.29, 1.82) is 0 Å². The summed E-state index contributed by atoms with van der Waals surface area (Å²) in [5.41, 5.74) is 7.27. The Kier molecular flexibility index (Phi) is 8.77. The van der Waals surface area contributed by atoms with Gasteiger partial charge in [0, 0.05) is 45.1 Å². The van der Waals surface area contributed by atoms with Crippen molar-refractivity contribution < 1.29 is 0 Å². The first-order chi connectivity index (χ1) is 12.2. The number of hydrogen-bond acceptors (Lipinski definition) is 3. The number of aryl methyl sites for hydroxylation is 4. The standard InChI is InChI=1S/C19H33N7.HI/c1-12(11-18-14(3)24-26(8)16(18)5)22-19(20-6)21-10-9-17-13(2)23-25(7)15(17)4;/h12H,9-11H2,1-8H3,(H2,20,21,22);1H. The highest BCUT2D eigenvalue weighted by Crippen LogP contribution is 2.14. The number of aliphatic imine (C=N–C) groups is 1. The average molecular weight is 487 g/mol. The number of rotatable bonds is 6. The zero-order valence-corrected chi connectivity index (χ0v) is 20.2. The van der Waals surface area contributed by atoms with Crippen LogP contribution in [0, 0.1) is 27.7 Å². The Bertz CT molecular complexity index is 789. The third kappa shape index (κ3) is 5.70. The van der Waals surface area contributed by atoms with Gasteiger partial charge >= 0.3 is 0 Å². The highest BCUT2D eigenvalue weighted by molar-refractivity contribution is 14.0. The molecule has 0 saturated carbocycles. The predicted octanol–water partition coefficient (Wildman–Crippen LogP) is 2.34. The molecule has 0 radical (unpaired) electrons. The van der Waals surface area contributed by atoms with Crippen LogP contribution in [-0.2, 0) is 26.9 Å². The second-order valence-electron chi connectivity index (χ2n) is 7.04. The molecule has 152 valence electrons. The molecule has 27 heavy (non-hydrogen) atoms. The fourth-order valence-electron chi connectivity index (χ4n) is 3.38. The molecule has 2 aromatic heterocycles. The van der Waals surface area contributed by atoms with Gasteiger partial charge in [-0.2, -0.15) is 10.2 Å². The number of nitrogens with zero attached hydrogens (tertiary/aromatic N) is 5. The van der Waals surface area contributed by atoms with Gasteiger partial charge in [-0.3, -0.25) is 14.4 Å². The predicted molar refractivity (Wildman–Crippen MR) is 122 cm³/mol. The number of halogens is 1. The van der Waals surface area contributed by atoms with Crippen LogP contribution in [-0.4, -0.2) is 45.2 Å². The minimum atomic E-state index is 0. The summed E-state index contributed by atoms with van der Waals surface area (Å²) in [5, 5.41) is 15.9. The van der Waals surface area contributed by atoms with Crippen LogP contribution in [0.4, 0.5) is 0 Å². The Morgan fingerprint density at radius 2 is 1.52 bits per heavy atom. The average Bonchev–Trinajstić information content (AvgIpc) is 2.96. The largest absolute Gasteiger partial charge is 0.356 e. The van der Waals surface area contributed by atoms with Crippen LogP contribution in [0.2, 0.25) is 0 Å². The summed E-state index contributed by atoms with van der Waals surface area (Å²) in [6, 6.07) is 0.268. The molecule has 0 aromatic carbocycles. The van der Waals surface area contributed by atoms with Crippen molar-refractivity contribution in [2.24, 2.45) is 19.1 Å². The maximum Gasteiger partial charge on any atom is 0.191 e. The van der Waals surface area contributed by atoms with Gasteiger partial charge in [0.15, 0.2) is 5.96 Å². The Balaban J connectivity index is 0.00000364. The molecule has 0 fully saturated rings. The van der Waals surface area contributed by atoms with Gasteiger partial charge in [-0.05, 0) is 58.6 Å². The molecular weight excluding hydrogens is 453 g/mol. The van der Waals surface area contributed by atoms with E-state index in [2.05, 4.69) is 60.4 Å². The smallest absolute Gasteiger partial charge is 0.191 e. The molecule has 0 aliphatic rings. The van der Waals surface area contributed by atoms with Crippen LogP contribution in [0.25, 0.3) is 0 Å². The lowest BCUT2D eigenvalue weighted by Gasteiger charge is -2.18. The number of nitrogens with one attached hydrogen (secondary N) is 2. The summed E-state index contributed by atoms with van der Waals surface area (Å²) in [6.45, 7) is 11.4. The van der Waals surface area contributed by atoms with Gasteiger partial charge in [0.25, 0.3) is 0 Å². The van der Waals surface area contributed by atoms with Crippen molar-refractivity contribution in [1.82, 2.24) is 30.2 Å². The summed E-state index contributed by atoms with van der Waals surface area (Å²) >= 11 is 0. The highest BCUT2D eigenvalue weighted by Gasteiger charge is 2.14. The molecule has 1 unspecified atom stereocenters. The Morgan fingerprint density at radius 1 is 1.00 bits per heavy atom. The number of hydrogen-bond donors (Lipinski definition) is 2. The molecule has 0 spiro atoms. The summed E-state index contributed by atoms with van der Waals surface area (Å²) in [4.78, 5) is 4.35. The van der Waals surface area contributed by atoms with E-state index in [1.807, 2.05) is 30.5 Å². The van der Waals surface area contributed by atoms with E-state index in [4.69, 9.17) is 0 Å². The Labute approximate surface area is 180 Å². The zero-order valence-electron chi connectivity index (χ0n) is 17.8. The Morgan fingerprint density at radius 3 is 1.96 bits per heavy atom. The van der Waals surface area contributed by atoms with E-state index in [0.29, 0.717) is 0 Å². The first-order valence-electron chi connectivity index (χ1n) is 9.19. The minimum absolute atomic E-state index is 0. The first kappa shape index (κ1) is 23.5. The summed E-state index contributed by atoms with van der Waals surface area (Å²) in [7, 11) is 5.79. The van der Waals surface area contributed by atoms with Crippen molar-refractivity contribution in [3.8, 4) is 0 Å². The number of guanidine groups is 1. The van der Waals surface area contributed by atoms with Crippen molar-refractivity contribution >= 4 is 29.9 Å². The fraction of sp³-hybridized carbons (Fsp3) is 0.632. The molecule has 0 amide bonds. The van der Waals surface area contributed by atoms with E-state index in [1.54, 1.807) is 0 Å². The van der Waals surface area contributed by atoms with Gasteiger partial charge in [-0.1, -0.05) is 0 Å². The molecule has 8 heteroatoms. The summed E-state index contributed by atoms with van der Waals surface area (Å²) in [5.74, 6) is 0.830. The van der Waals surface area contributed by atoms with E-state index >= 15 is 0 Å². The second kappa shape index (κ2) is 10.1. The van der Waals surface area contributed by atoms with Gasteiger partial charge in [0.2, 0.25) is 0 Å². The summed E-state index contributed by atoms with van der Waals surface area (Å²) < 4.78 is 3.89. The Hall–Kier alpha value is -1.58. The third-order valence-corrected chi connectivity index (χ3v) is 5.10. The minimum Gasteiger partial charge on any atom is -0.356 e. The second-order valence-corrected chi connectivity index (χ2v) is 7.04. The first-order valence-corrected chi connectivity index (χ1v) is 9.19. The molecule has 2 aromatic rings. The van der Waals surface area contributed by atoms with E-state index in [1.165, 1.54) is 22.5 Å². The topological polar surface area (TPSA) is 72.1 Å². The molecule has 0 bridgehead atoms. The van der Waals surface area contributed by atoms with Gasteiger partial charge in [0.1, 0.15) is 0 Å². The SMILES string of the molecule is CN=C(NCCc1c(C)nn(C)c1C)NC(C)Cc1c(C)nn(C)c1C.I. The normalized spacial score (nSPS) is 12.7. The monoisotopic (exact) mass is 487 g/mol. The molecule has 0 aliphatic heterocycles. The summed E-state index contributed by atoms with van der Waals surface area (Å²) in [6.07, 6.45) is 1.86. The zero-order chi connectivity index (χ0) is 19.4. The van der Waals surface area contributed by atoms with Crippen LogP contribution >= 0.6 is 24.0 Å². The van der Waals surface area contributed by atoms with Gasteiger partial charge in [-0.15, -0.1) is 24.0 Å². The maximum absolute atomic E-state index is 4.50.